The van der Waals surface area contributed by atoms with Gasteiger partial charge in [0.15, 0.2) is 0 Å². The van der Waals surface area contributed by atoms with Gasteiger partial charge in [-0.1, -0.05) is 36.9 Å². The van der Waals surface area contributed by atoms with Gasteiger partial charge in [-0.2, -0.15) is 0 Å². The molecule has 0 saturated heterocycles. The van der Waals surface area contributed by atoms with Crippen LogP contribution in [0.1, 0.15) is 32.6 Å². The van der Waals surface area contributed by atoms with Crippen molar-refractivity contribution in [1.82, 2.24) is 0 Å². The Labute approximate surface area is 108 Å². The van der Waals surface area contributed by atoms with Crippen LogP contribution in [0.2, 0.25) is 5.02 Å². The summed E-state index contributed by atoms with van der Waals surface area (Å²) >= 11 is 5.88. The molecule has 2 nitrogen and oxygen atoms in total. The molecule has 94 valence electrons. The second-order valence-electron chi connectivity index (χ2n) is 4.88. The van der Waals surface area contributed by atoms with Crippen LogP contribution in [0.4, 0.5) is 0 Å². The number of rotatable bonds is 5. The van der Waals surface area contributed by atoms with E-state index in [1.807, 2.05) is 25.1 Å². The molecule has 17 heavy (non-hydrogen) atoms. The Morgan fingerprint density at radius 3 is 2.82 bits per heavy atom. The number of hydrogen-bond donors (Lipinski definition) is 1. The van der Waals surface area contributed by atoms with Gasteiger partial charge >= 0.3 is 0 Å². The highest BCUT2D eigenvalue weighted by atomic mass is 35.5. The molecule has 1 N–H and O–H groups in total. The van der Waals surface area contributed by atoms with E-state index in [2.05, 4.69) is 0 Å². The Bertz CT molecular complexity index is 363. The molecule has 0 radical (unpaired) electrons. The maximum absolute atomic E-state index is 10.0. The molecule has 0 aromatic heterocycles. The molecule has 1 fully saturated rings. The van der Waals surface area contributed by atoms with E-state index in [4.69, 9.17) is 16.3 Å². The second-order valence-corrected chi connectivity index (χ2v) is 5.32. The monoisotopic (exact) mass is 254 g/mol. The molecule has 1 aliphatic carbocycles. The molecule has 2 rings (SSSR count). The average Bonchev–Trinajstić information content (AvgIpc) is 2.23. The third-order valence-electron chi connectivity index (χ3n) is 3.46. The first-order valence-electron chi connectivity index (χ1n) is 6.25. The summed E-state index contributed by atoms with van der Waals surface area (Å²) in [6.07, 6.45) is 4.08. The summed E-state index contributed by atoms with van der Waals surface area (Å²) in [5.41, 5.74) is 0. The zero-order valence-corrected chi connectivity index (χ0v) is 10.9. The molecule has 0 spiro atoms. The van der Waals surface area contributed by atoms with Gasteiger partial charge in [0.2, 0.25) is 0 Å². The van der Waals surface area contributed by atoms with Gasteiger partial charge in [0.05, 0.1) is 6.10 Å². The summed E-state index contributed by atoms with van der Waals surface area (Å²) in [5, 5.41) is 10.7. The van der Waals surface area contributed by atoms with Crippen molar-refractivity contribution in [3.63, 3.8) is 0 Å². The van der Waals surface area contributed by atoms with Crippen molar-refractivity contribution in [2.75, 3.05) is 0 Å². The van der Waals surface area contributed by atoms with Crippen molar-refractivity contribution in [3.8, 4) is 5.75 Å². The van der Waals surface area contributed by atoms with E-state index >= 15 is 0 Å². The van der Waals surface area contributed by atoms with E-state index in [1.54, 1.807) is 6.07 Å². The van der Waals surface area contributed by atoms with Crippen LogP contribution in [0.15, 0.2) is 24.3 Å². The Morgan fingerprint density at radius 2 is 2.24 bits per heavy atom. The Balaban J connectivity index is 1.84. The summed E-state index contributed by atoms with van der Waals surface area (Å²) in [6.45, 7) is 1.91. The maximum Gasteiger partial charge on any atom is 0.122 e. The summed E-state index contributed by atoms with van der Waals surface area (Å²) in [4.78, 5) is 0. The largest absolute Gasteiger partial charge is 0.488 e. The van der Waals surface area contributed by atoms with Crippen molar-refractivity contribution in [2.45, 2.75) is 44.8 Å². The molecule has 0 aliphatic heterocycles. The Kier molecular flexibility index (Phi) is 4.30. The van der Waals surface area contributed by atoms with Crippen molar-refractivity contribution < 1.29 is 9.84 Å². The highest BCUT2D eigenvalue weighted by Crippen LogP contribution is 2.31. The number of ether oxygens (including phenoxy) is 1. The lowest BCUT2D eigenvalue weighted by Gasteiger charge is -2.30. The fraction of sp³-hybridized carbons (Fsp3) is 0.571. The van der Waals surface area contributed by atoms with Gasteiger partial charge in [0, 0.05) is 5.02 Å². The molecule has 0 heterocycles. The van der Waals surface area contributed by atoms with Crippen LogP contribution in [0.25, 0.3) is 0 Å². The second kappa shape index (κ2) is 5.74. The van der Waals surface area contributed by atoms with Crippen LogP contribution >= 0.6 is 11.6 Å². The Hall–Kier alpha value is -0.730. The summed E-state index contributed by atoms with van der Waals surface area (Å²) in [7, 11) is 0. The number of halogens is 1. The minimum Gasteiger partial charge on any atom is -0.488 e. The lowest BCUT2D eigenvalue weighted by molar-refractivity contribution is 0.0211. The third-order valence-corrected chi connectivity index (χ3v) is 3.69. The first-order chi connectivity index (χ1) is 8.15. The average molecular weight is 255 g/mol. The first-order valence-corrected chi connectivity index (χ1v) is 6.63. The van der Waals surface area contributed by atoms with Crippen molar-refractivity contribution >= 4 is 11.6 Å². The lowest BCUT2D eigenvalue weighted by Crippen LogP contribution is -2.32. The molecule has 0 amide bonds. The third kappa shape index (κ3) is 3.62. The summed E-state index contributed by atoms with van der Waals surface area (Å²) < 4.78 is 5.69. The number of aliphatic hydroxyl groups is 1. The van der Waals surface area contributed by atoms with E-state index in [9.17, 15) is 5.11 Å². The lowest BCUT2D eigenvalue weighted by atomic mass is 9.81. The van der Waals surface area contributed by atoms with Gasteiger partial charge in [-0.25, -0.2) is 0 Å². The van der Waals surface area contributed by atoms with Gasteiger partial charge in [-0.15, -0.1) is 0 Å². The molecule has 1 saturated carbocycles. The minimum atomic E-state index is -0.390. The Morgan fingerprint density at radius 1 is 1.47 bits per heavy atom. The molecule has 3 heteroatoms. The van der Waals surface area contributed by atoms with Crippen LogP contribution in [-0.4, -0.2) is 17.3 Å². The van der Waals surface area contributed by atoms with E-state index in [0.29, 0.717) is 10.9 Å². The zero-order valence-electron chi connectivity index (χ0n) is 10.1. The van der Waals surface area contributed by atoms with E-state index in [-0.39, 0.29) is 12.2 Å². The topological polar surface area (TPSA) is 29.5 Å². The summed E-state index contributed by atoms with van der Waals surface area (Å²) in [6, 6.07) is 7.29. The van der Waals surface area contributed by atoms with Crippen LogP contribution < -0.4 is 4.74 Å². The number of hydrogen-bond acceptors (Lipinski definition) is 2. The molecule has 1 aromatic rings. The van der Waals surface area contributed by atoms with Crippen molar-refractivity contribution in [1.29, 1.82) is 0 Å². The standard InChI is InChI=1S/C14H19ClO2/c1-10(14(16)8-11-4-2-5-11)17-13-7-3-6-12(15)9-13/h3,6-7,9-11,14,16H,2,4-5,8H2,1H3. The van der Waals surface area contributed by atoms with Crippen LogP contribution in [-0.2, 0) is 0 Å². The fourth-order valence-electron chi connectivity index (χ4n) is 2.10. The van der Waals surface area contributed by atoms with E-state index in [1.165, 1.54) is 19.3 Å². The smallest absolute Gasteiger partial charge is 0.122 e. The van der Waals surface area contributed by atoms with E-state index in [0.717, 1.165) is 12.2 Å². The SMILES string of the molecule is CC(Oc1cccc(Cl)c1)C(O)CC1CCC1. The van der Waals surface area contributed by atoms with Crippen LogP contribution in [0, 0.1) is 5.92 Å². The predicted molar refractivity (Wildman–Crippen MR) is 69.5 cm³/mol. The molecule has 2 atom stereocenters. The molecule has 1 aliphatic rings. The first kappa shape index (κ1) is 12.7. The summed E-state index contributed by atoms with van der Waals surface area (Å²) in [5.74, 6) is 1.41. The van der Waals surface area contributed by atoms with Crippen LogP contribution in [0.5, 0.6) is 5.75 Å². The van der Waals surface area contributed by atoms with Gasteiger partial charge in [0.1, 0.15) is 11.9 Å². The molecular formula is C14H19ClO2. The highest BCUT2D eigenvalue weighted by molar-refractivity contribution is 6.30. The van der Waals surface area contributed by atoms with Crippen molar-refractivity contribution in [3.05, 3.63) is 29.3 Å². The highest BCUT2D eigenvalue weighted by Gasteiger charge is 2.24. The van der Waals surface area contributed by atoms with E-state index < -0.39 is 0 Å². The fourth-order valence-corrected chi connectivity index (χ4v) is 2.28. The van der Waals surface area contributed by atoms with Gasteiger partial charge in [-0.05, 0) is 37.5 Å². The van der Waals surface area contributed by atoms with Crippen molar-refractivity contribution in [2.24, 2.45) is 5.92 Å². The zero-order chi connectivity index (χ0) is 12.3. The normalized spacial score (nSPS) is 19.5. The maximum atomic E-state index is 10.0. The van der Waals surface area contributed by atoms with Gasteiger partial charge in [0.25, 0.3) is 0 Å². The number of benzene rings is 1. The molecular weight excluding hydrogens is 236 g/mol. The van der Waals surface area contributed by atoms with Gasteiger partial charge < -0.3 is 9.84 Å². The predicted octanol–water partition coefficient (Wildman–Crippen LogP) is 3.66. The minimum absolute atomic E-state index is 0.186. The quantitative estimate of drug-likeness (QED) is 0.869. The number of aliphatic hydroxyl groups excluding tert-OH is 1. The van der Waals surface area contributed by atoms with Gasteiger partial charge in [-0.3, -0.25) is 0 Å². The molecule has 2 unspecified atom stereocenters. The van der Waals surface area contributed by atoms with Crippen LogP contribution in [0.3, 0.4) is 0 Å². The molecule has 1 aromatic carbocycles. The molecule has 0 bridgehead atoms.